The molecule has 98 valence electrons. The van der Waals surface area contributed by atoms with Crippen LogP contribution in [0.15, 0.2) is 30.3 Å². The van der Waals surface area contributed by atoms with Crippen molar-refractivity contribution in [3.05, 3.63) is 35.9 Å². The summed E-state index contributed by atoms with van der Waals surface area (Å²) in [4.78, 5) is 2.99. The van der Waals surface area contributed by atoms with Gasteiger partial charge in [0.25, 0.3) is 0 Å². The Morgan fingerprint density at radius 1 is 1.39 bits per heavy atom. The van der Waals surface area contributed by atoms with Gasteiger partial charge in [-0.05, 0) is 38.3 Å². The predicted octanol–water partition coefficient (Wildman–Crippen LogP) is 2.79. The van der Waals surface area contributed by atoms with Crippen LogP contribution in [-0.4, -0.2) is 29.5 Å². The summed E-state index contributed by atoms with van der Waals surface area (Å²) in [5.74, 6) is 1.03. The van der Waals surface area contributed by atoms with Crippen molar-refractivity contribution in [3.8, 4) is 0 Å². The minimum atomic E-state index is 0.160. The molecular formula is C15H22N2S. The molecule has 2 atom stereocenters. The van der Waals surface area contributed by atoms with Crippen LogP contribution in [0.4, 0.5) is 0 Å². The molecule has 1 aliphatic rings. The highest BCUT2D eigenvalue weighted by Gasteiger charge is 2.31. The van der Waals surface area contributed by atoms with Crippen LogP contribution in [0, 0.1) is 5.92 Å². The van der Waals surface area contributed by atoms with Gasteiger partial charge in [0.15, 0.2) is 0 Å². The number of nitrogens with two attached hydrogens (primary N) is 1. The van der Waals surface area contributed by atoms with Gasteiger partial charge in [0.05, 0.1) is 4.99 Å². The number of nitrogens with zero attached hydrogens (tertiary/aromatic N) is 1. The molecule has 0 aromatic heterocycles. The second-order valence-corrected chi connectivity index (χ2v) is 5.85. The quantitative estimate of drug-likeness (QED) is 0.799. The van der Waals surface area contributed by atoms with E-state index < -0.39 is 0 Å². The molecule has 0 bridgehead atoms. The maximum atomic E-state index is 5.91. The third kappa shape index (κ3) is 3.30. The van der Waals surface area contributed by atoms with Crippen LogP contribution in [0.1, 0.15) is 31.2 Å². The molecule has 1 aromatic rings. The van der Waals surface area contributed by atoms with Crippen LogP contribution in [0.5, 0.6) is 0 Å². The van der Waals surface area contributed by atoms with E-state index in [4.69, 9.17) is 18.0 Å². The number of rotatable bonds is 6. The van der Waals surface area contributed by atoms with E-state index in [0.29, 0.717) is 11.0 Å². The van der Waals surface area contributed by atoms with Crippen LogP contribution in [-0.2, 0) is 0 Å². The Labute approximate surface area is 115 Å². The molecule has 0 spiro atoms. The SMILES string of the molecule is CC(C1CC1)N(C)CC(C(N)=S)c1ccccc1. The first-order chi connectivity index (χ1) is 8.59. The zero-order valence-electron chi connectivity index (χ0n) is 11.2. The van der Waals surface area contributed by atoms with Crippen molar-refractivity contribution in [2.24, 2.45) is 11.7 Å². The van der Waals surface area contributed by atoms with Crippen molar-refractivity contribution in [2.45, 2.75) is 31.7 Å². The third-order valence-electron chi connectivity index (χ3n) is 4.02. The summed E-state index contributed by atoms with van der Waals surface area (Å²) < 4.78 is 0. The topological polar surface area (TPSA) is 29.3 Å². The molecule has 2 unspecified atom stereocenters. The normalized spacial score (nSPS) is 18.6. The number of thiocarbonyl (C=S) groups is 1. The van der Waals surface area contributed by atoms with E-state index in [1.807, 2.05) is 18.2 Å². The number of hydrogen-bond acceptors (Lipinski definition) is 2. The van der Waals surface area contributed by atoms with Gasteiger partial charge in [-0.2, -0.15) is 0 Å². The Morgan fingerprint density at radius 2 is 2.00 bits per heavy atom. The van der Waals surface area contributed by atoms with Gasteiger partial charge in [0.1, 0.15) is 0 Å². The van der Waals surface area contributed by atoms with Crippen LogP contribution in [0.2, 0.25) is 0 Å². The Balaban J connectivity index is 2.04. The van der Waals surface area contributed by atoms with E-state index in [0.717, 1.165) is 12.5 Å². The van der Waals surface area contributed by atoms with Crippen LogP contribution in [0.3, 0.4) is 0 Å². The summed E-state index contributed by atoms with van der Waals surface area (Å²) in [7, 11) is 2.18. The zero-order valence-corrected chi connectivity index (χ0v) is 12.0. The molecule has 2 N–H and O–H groups in total. The van der Waals surface area contributed by atoms with Crippen LogP contribution >= 0.6 is 12.2 Å². The van der Waals surface area contributed by atoms with Crippen molar-refractivity contribution in [3.63, 3.8) is 0 Å². The smallest absolute Gasteiger partial charge is 0.0816 e. The standard InChI is InChI=1S/C15H22N2S/c1-11(12-8-9-12)17(2)10-14(15(16)18)13-6-4-3-5-7-13/h3-7,11-12,14H,8-10H2,1-2H3,(H2,16,18). The van der Waals surface area contributed by atoms with Gasteiger partial charge in [0.2, 0.25) is 0 Å². The minimum Gasteiger partial charge on any atom is -0.393 e. The molecule has 1 saturated carbocycles. The molecule has 1 aromatic carbocycles. The van der Waals surface area contributed by atoms with Crippen molar-refractivity contribution in [1.82, 2.24) is 4.90 Å². The lowest BCUT2D eigenvalue weighted by atomic mass is 9.98. The molecule has 0 amide bonds. The molecule has 0 aliphatic heterocycles. The summed E-state index contributed by atoms with van der Waals surface area (Å²) in [5, 5.41) is 0. The molecular weight excluding hydrogens is 240 g/mol. The first kappa shape index (κ1) is 13.5. The Bertz CT molecular complexity index is 400. The Kier molecular flexibility index (Phi) is 4.36. The zero-order chi connectivity index (χ0) is 13.1. The molecule has 0 radical (unpaired) electrons. The lowest BCUT2D eigenvalue weighted by Crippen LogP contribution is -2.37. The maximum absolute atomic E-state index is 5.91. The first-order valence-corrected chi connectivity index (χ1v) is 7.05. The summed E-state index contributed by atoms with van der Waals surface area (Å²) >= 11 is 5.24. The predicted molar refractivity (Wildman–Crippen MR) is 80.8 cm³/mol. The van der Waals surface area contributed by atoms with E-state index in [9.17, 15) is 0 Å². The largest absolute Gasteiger partial charge is 0.393 e. The molecule has 0 heterocycles. The Hall–Kier alpha value is -0.930. The second kappa shape index (κ2) is 5.81. The van der Waals surface area contributed by atoms with Gasteiger partial charge in [-0.25, -0.2) is 0 Å². The fraction of sp³-hybridized carbons (Fsp3) is 0.533. The molecule has 3 heteroatoms. The van der Waals surface area contributed by atoms with Crippen molar-refractivity contribution < 1.29 is 0 Å². The highest BCUT2D eigenvalue weighted by Crippen LogP contribution is 2.35. The van der Waals surface area contributed by atoms with Crippen molar-refractivity contribution >= 4 is 17.2 Å². The van der Waals surface area contributed by atoms with Gasteiger partial charge in [0, 0.05) is 18.5 Å². The van der Waals surface area contributed by atoms with E-state index >= 15 is 0 Å². The minimum absolute atomic E-state index is 0.160. The average Bonchev–Trinajstić information content (AvgIpc) is 3.19. The summed E-state index contributed by atoms with van der Waals surface area (Å²) in [5.41, 5.74) is 7.14. The molecule has 2 nitrogen and oxygen atoms in total. The van der Waals surface area contributed by atoms with Crippen LogP contribution in [0.25, 0.3) is 0 Å². The maximum Gasteiger partial charge on any atom is 0.0816 e. The fourth-order valence-corrected chi connectivity index (χ4v) is 2.65. The highest BCUT2D eigenvalue weighted by atomic mass is 32.1. The van der Waals surface area contributed by atoms with E-state index in [-0.39, 0.29) is 5.92 Å². The van der Waals surface area contributed by atoms with Gasteiger partial charge >= 0.3 is 0 Å². The first-order valence-electron chi connectivity index (χ1n) is 6.64. The van der Waals surface area contributed by atoms with Gasteiger partial charge in [-0.15, -0.1) is 0 Å². The number of likely N-dealkylation sites (N-methyl/N-ethyl adjacent to an activating group) is 1. The average molecular weight is 262 g/mol. The van der Waals surface area contributed by atoms with Gasteiger partial charge in [-0.3, -0.25) is 0 Å². The number of benzene rings is 1. The fourth-order valence-electron chi connectivity index (χ4n) is 2.44. The van der Waals surface area contributed by atoms with Gasteiger partial charge in [-0.1, -0.05) is 42.5 Å². The Morgan fingerprint density at radius 3 is 2.50 bits per heavy atom. The molecule has 2 rings (SSSR count). The third-order valence-corrected chi connectivity index (χ3v) is 4.30. The van der Waals surface area contributed by atoms with E-state index in [2.05, 4.69) is 31.0 Å². The summed E-state index contributed by atoms with van der Waals surface area (Å²) in [6, 6.07) is 11.0. The monoisotopic (exact) mass is 262 g/mol. The molecule has 1 aliphatic carbocycles. The lowest BCUT2D eigenvalue weighted by Gasteiger charge is -2.29. The van der Waals surface area contributed by atoms with Crippen LogP contribution < -0.4 is 5.73 Å². The molecule has 18 heavy (non-hydrogen) atoms. The highest BCUT2D eigenvalue weighted by molar-refractivity contribution is 7.80. The summed E-state index contributed by atoms with van der Waals surface area (Å²) in [6.45, 7) is 3.22. The summed E-state index contributed by atoms with van der Waals surface area (Å²) in [6.07, 6.45) is 2.74. The lowest BCUT2D eigenvalue weighted by molar-refractivity contribution is 0.232. The molecule has 0 saturated heterocycles. The van der Waals surface area contributed by atoms with E-state index in [1.165, 1.54) is 18.4 Å². The van der Waals surface area contributed by atoms with Crippen molar-refractivity contribution in [2.75, 3.05) is 13.6 Å². The van der Waals surface area contributed by atoms with E-state index in [1.54, 1.807) is 0 Å². The molecule has 1 fully saturated rings. The van der Waals surface area contributed by atoms with Gasteiger partial charge < -0.3 is 10.6 Å². The number of hydrogen-bond donors (Lipinski definition) is 1. The second-order valence-electron chi connectivity index (χ2n) is 5.38. The van der Waals surface area contributed by atoms with Crippen molar-refractivity contribution in [1.29, 1.82) is 0 Å².